The van der Waals surface area contributed by atoms with E-state index in [1.165, 1.54) is 0 Å². The highest BCUT2D eigenvalue weighted by atomic mass is 16.5. The van der Waals surface area contributed by atoms with Crippen LogP contribution in [0.1, 0.15) is 19.3 Å². The molecule has 0 amide bonds. The van der Waals surface area contributed by atoms with Crippen molar-refractivity contribution in [3.05, 3.63) is 0 Å². The van der Waals surface area contributed by atoms with Gasteiger partial charge in [-0.15, -0.1) is 0 Å². The molecule has 1 rings (SSSR count). The van der Waals surface area contributed by atoms with Crippen molar-refractivity contribution in [1.82, 2.24) is 0 Å². The molecule has 1 aliphatic rings. The summed E-state index contributed by atoms with van der Waals surface area (Å²) in [7, 11) is 0. The minimum Gasteiger partial charge on any atom is -0.396 e. The van der Waals surface area contributed by atoms with Crippen molar-refractivity contribution in [2.75, 3.05) is 33.0 Å². The van der Waals surface area contributed by atoms with E-state index in [0.717, 1.165) is 26.1 Å². The maximum Gasteiger partial charge on any atom is 0.0747 e. The van der Waals surface area contributed by atoms with Gasteiger partial charge in [-0.25, -0.2) is 0 Å². The van der Waals surface area contributed by atoms with Gasteiger partial charge in [0.1, 0.15) is 0 Å². The van der Waals surface area contributed by atoms with Crippen molar-refractivity contribution in [1.29, 1.82) is 0 Å². The monoisotopic (exact) mass is 203 g/mol. The summed E-state index contributed by atoms with van der Waals surface area (Å²) in [6.45, 7) is 2.94. The summed E-state index contributed by atoms with van der Waals surface area (Å²) in [5.74, 6) is 0.437. The predicted molar refractivity (Wildman–Crippen MR) is 54.0 cm³/mol. The summed E-state index contributed by atoms with van der Waals surface area (Å²) in [4.78, 5) is 0. The molecule has 0 spiro atoms. The molecule has 84 valence electrons. The van der Waals surface area contributed by atoms with Gasteiger partial charge in [-0.2, -0.15) is 0 Å². The van der Waals surface area contributed by atoms with Crippen LogP contribution in [0, 0.1) is 5.92 Å². The maximum absolute atomic E-state index is 8.63. The highest BCUT2D eigenvalue weighted by Crippen LogP contribution is 2.19. The normalized spacial score (nSPS) is 24.9. The van der Waals surface area contributed by atoms with Crippen molar-refractivity contribution < 1.29 is 14.6 Å². The third-order valence-corrected chi connectivity index (χ3v) is 2.59. The molecule has 2 atom stereocenters. The van der Waals surface area contributed by atoms with E-state index in [9.17, 15) is 0 Å². The van der Waals surface area contributed by atoms with Crippen LogP contribution < -0.4 is 5.73 Å². The first-order valence-electron chi connectivity index (χ1n) is 5.38. The van der Waals surface area contributed by atoms with E-state index in [0.29, 0.717) is 25.5 Å². The fourth-order valence-electron chi connectivity index (χ4n) is 1.75. The van der Waals surface area contributed by atoms with Crippen molar-refractivity contribution in [2.45, 2.75) is 25.4 Å². The molecular formula is C10H21NO3. The molecule has 1 fully saturated rings. The zero-order chi connectivity index (χ0) is 10.2. The lowest BCUT2D eigenvalue weighted by atomic mass is 9.96. The summed E-state index contributed by atoms with van der Waals surface area (Å²) < 4.78 is 11.0. The molecule has 0 bridgehead atoms. The van der Waals surface area contributed by atoms with Crippen LogP contribution in [0.2, 0.25) is 0 Å². The van der Waals surface area contributed by atoms with Crippen LogP contribution in [0.25, 0.3) is 0 Å². The van der Waals surface area contributed by atoms with Crippen molar-refractivity contribution in [3.63, 3.8) is 0 Å². The molecule has 0 aromatic heterocycles. The Labute approximate surface area is 85.4 Å². The first-order chi connectivity index (χ1) is 6.88. The van der Waals surface area contributed by atoms with Crippen LogP contribution >= 0.6 is 0 Å². The van der Waals surface area contributed by atoms with Crippen LogP contribution in [0.5, 0.6) is 0 Å². The van der Waals surface area contributed by atoms with Crippen LogP contribution in [0.4, 0.5) is 0 Å². The molecule has 4 heteroatoms. The minimum atomic E-state index is 0.0989. The lowest BCUT2D eigenvalue weighted by molar-refractivity contribution is -0.0450. The highest BCUT2D eigenvalue weighted by molar-refractivity contribution is 4.73. The van der Waals surface area contributed by atoms with Crippen molar-refractivity contribution >= 4 is 0 Å². The van der Waals surface area contributed by atoms with Crippen LogP contribution in [0.3, 0.4) is 0 Å². The van der Waals surface area contributed by atoms with Gasteiger partial charge in [0.05, 0.1) is 12.7 Å². The van der Waals surface area contributed by atoms with E-state index < -0.39 is 0 Å². The summed E-state index contributed by atoms with van der Waals surface area (Å²) in [5, 5.41) is 8.63. The molecular weight excluding hydrogens is 182 g/mol. The number of ether oxygens (including phenoxy) is 2. The number of aliphatic hydroxyl groups excluding tert-OH is 1. The van der Waals surface area contributed by atoms with Gasteiger partial charge in [0.2, 0.25) is 0 Å². The molecule has 0 radical (unpaired) electrons. The van der Waals surface area contributed by atoms with Crippen molar-refractivity contribution in [2.24, 2.45) is 11.7 Å². The van der Waals surface area contributed by atoms with Crippen LogP contribution in [0.15, 0.2) is 0 Å². The highest BCUT2D eigenvalue weighted by Gasteiger charge is 2.23. The number of nitrogens with two attached hydrogens (primary N) is 1. The number of rotatable bonds is 6. The fourth-order valence-corrected chi connectivity index (χ4v) is 1.75. The summed E-state index contributed by atoms with van der Waals surface area (Å²) in [5.41, 5.74) is 5.64. The molecule has 0 aromatic carbocycles. The van der Waals surface area contributed by atoms with Gasteiger partial charge in [-0.1, -0.05) is 0 Å². The molecule has 0 saturated carbocycles. The minimum absolute atomic E-state index is 0.0989. The third-order valence-electron chi connectivity index (χ3n) is 2.59. The lowest BCUT2D eigenvalue weighted by Crippen LogP contribution is -2.37. The maximum atomic E-state index is 8.63. The van der Waals surface area contributed by atoms with E-state index >= 15 is 0 Å². The molecule has 14 heavy (non-hydrogen) atoms. The third kappa shape index (κ3) is 3.92. The zero-order valence-corrected chi connectivity index (χ0v) is 8.65. The second-order valence-electron chi connectivity index (χ2n) is 3.70. The molecule has 3 N–H and O–H groups in total. The lowest BCUT2D eigenvalue weighted by Gasteiger charge is -2.29. The number of aliphatic hydroxyl groups is 1. The Hall–Kier alpha value is -0.160. The first-order valence-corrected chi connectivity index (χ1v) is 5.38. The van der Waals surface area contributed by atoms with Gasteiger partial charge in [0, 0.05) is 32.3 Å². The van der Waals surface area contributed by atoms with E-state index in [1.54, 1.807) is 0 Å². The Balaban J connectivity index is 2.21. The van der Waals surface area contributed by atoms with Gasteiger partial charge in [0.25, 0.3) is 0 Å². The first kappa shape index (κ1) is 11.9. The molecule has 0 aliphatic carbocycles. The fraction of sp³-hybridized carbons (Fsp3) is 1.00. The quantitative estimate of drug-likeness (QED) is 0.603. The molecule has 1 saturated heterocycles. The van der Waals surface area contributed by atoms with Gasteiger partial charge < -0.3 is 20.3 Å². The summed E-state index contributed by atoms with van der Waals surface area (Å²) in [6.07, 6.45) is 3.03. The van der Waals surface area contributed by atoms with E-state index in [2.05, 4.69) is 0 Å². The average molecular weight is 203 g/mol. The summed E-state index contributed by atoms with van der Waals surface area (Å²) >= 11 is 0. The summed E-state index contributed by atoms with van der Waals surface area (Å²) in [6, 6.07) is 0. The average Bonchev–Trinajstić information content (AvgIpc) is 2.26. The Morgan fingerprint density at radius 2 is 2.43 bits per heavy atom. The van der Waals surface area contributed by atoms with Gasteiger partial charge >= 0.3 is 0 Å². The number of hydrogen-bond donors (Lipinski definition) is 2. The largest absolute Gasteiger partial charge is 0.396 e. The Morgan fingerprint density at radius 1 is 1.57 bits per heavy atom. The Morgan fingerprint density at radius 3 is 3.00 bits per heavy atom. The molecule has 1 heterocycles. The smallest absolute Gasteiger partial charge is 0.0747 e. The van der Waals surface area contributed by atoms with Gasteiger partial charge in [-0.05, 0) is 19.3 Å². The molecule has 4 nitrogen and oxygen atoms in total. The second kappa shape index (κ2) is 7.17. The van der Waals surface area contributed by atoms with Gasteiger partial charge in [-0.3, -0.25) is 0 Å². The van der Waals surface area contributed by atoms with Crippen LogP contribution in [-0.2, 0) is 9.47 Å². The molecule has 0 aromatic rings. The van der Waals surface area contributed by atoms with Crippen LogP contribution in [-0.4, -0.2) is 44.2 Å². The van der Waals surface area contributed by atoms with Crippen molar-refractivity contribution in [3.8, 4) is 0 Å². The molecule has 1 aliphatic heterocycles. The van der Waals surface area contributed by atoms with Gasteiger partial charge in [0.15, 0.2) is 0 Å². The number of hydrogen-bond acceptors (Lipinski definition) is 4. The SMILES string of the molecule is NCC(OCCCO)C1CCCOC1. The standard InChI is InChI=1S/C10H21NO3/c11-7-10(14-6-2-4-12)9-3-1-5-13-8-9/h9-10,12H,1-8,11H2. The second-order valence-corrected chi connectivity index (χ2v) is 3.70. The Bertz CT molecular complexity index is 137. The van der Waals surface area contributed by atoms with E-state index in [1.807, 2.05) is 0 Å². The van der Waals surface area contributed by atoms with E-state index in [4.69, 9.17) is 20.3 Å². The van der Waals surface area contributed by atoms with E-state index in [-0.39, 0.29) is 12.7 Å². The zero-order valence-electron chi connectivity index (χ0n) is 8.65. The predicted octanol–water partition coefficient (Wildman–Crippen LogP) is 0.139. The molecule has 2 unspecified atom stereocenters. The topological polar surface area (TPSA) is 64.7 Å². The Kier molecular flexibility index (Phi) is 6.10.